The number of hydrogen-bond donors (Lipinski definition) is 1. The Kier molecular flexibility index (Phi) is 4.27. The predicted molar refractivity (Wildman–Crippen MR) is 74.5 cm³/mol. The number of hydrogen-bond acceptors (Lipinski definition) is 5. The van der Waals surface area contributed by atoms with Crippen LogP contribution in [0.4, 0.5) is 5.82 Å². The Balaban J connectivity index is 2.14. The van der Waals surface area contributed by atoms with Crippen LogP contribution in [0.25, 0.3) is 0 Å². The summed E-state index contributed by atoms with van der Waals surface area (Å²) in [5.74, 6) is -0.143. The molecule has 0 aromatic carbocycles. The smallest absolute Gasteiger partial charge is 0.303 e. The Morgan fingerprint density at radius 1 is 1.45 bits per heavy atom. The Labute approximate surface area is 118 Å². The van der Waals surface area contributed by atoms with Crippen LogP contribution in [-0.2, 0) is 14.6 Å². The van der Waals surface area contributed by atoms with E-state index < -0.39 is 15.8 Å². The molecule has 0 spiro atoms. The van der Waals surface area contributed by atoms with Gasteiger partial charge in [-0.25, -0.2) is 13.4 Å². The van der Waals surface area contributed by atoms with Crippen molar-refractivity contribution < 1.29 is 18.3 Å². The van der Waals surface area contributed by atoms with E-state index in [1.807, 2.05) is 4.90 Å². The lowest BCUT2D eigenvalue weighted by molar-refractivity contribution is -0.138. The van der Waals surface area contributed by atoms with Crippen LogP contribution in [-0.4, -0.2) is 43.8 Å². The molecular weight excluding hydrogens is 280 g/mol. The van der Waals surface area contributed by atoms with E-state index in [0.29, 0.717) is 18.9 Å². The molecule has 2 rings (SSSR count). The Morgan fingerprint density at radius 3 is 2.65 bits per heavy atom. The van der Waals surface area contributed by atoms with Crippen LogP contribution >= 0.6 is 0 Å². The van der Waals surface area contributed by atoms with Crippen LogP contribution in [0.1, 0.15) is 19.3 Å². The third-order valence-electron chi connectivity index (χ3n) is 3.53. The van der Waals surface area contributed by atoms with Crippen molar-refractivity contribution in [3.63, 3.8) is 0 Å². The highest BCUT2D eigenvalue weighted by Crippen LogP contribution is 2.28. The molecule has 1 saturated heterocycles. The van der Waals surface area contributed by atoms with Gasteiger partial charge in [0.15, 0.2) is 9.84 Å². The minimum absolute atomic E-state index is 0.161. The van der Waals surface area contributed by atoms with E-state index in [9.17, 15) is 13.2 Å². The second-order valence-corrected chi connectivity index (χ2v) is 7.11. The van der Waals surface area contributed by atoms with E-state index in [1.165, 1.54) is 6.26 Å². The molecule has 20 heavy (non-hydrogen) atoms. The highest BCUT2D eigenvalue weighted by Gasteiger charge is 2.25. The molecule has 0 saturated carbocycles. The molecule has 7 heteroatoms. The van der Waals surface area contributed by atoms with Crippen LogP contribution in [0.5, 0.6) is 0 Å². The first kappa shape index (κ1) is 14.8. The zero-order valence-corrected chi connectivity index (χ0v) is 12.1. The van der Waals surface area contributed by atoms with Gasteiger partial charge in [0, 0.05) is 32.0 Å². The second-order valence-electron chi connectivity index (χ2n) is 5.13. The molecule has 110 valence electrons. The maximum atomic E-state index is 11.8. The maximum Gasteiger partial charge on any atom is 0.303 e. The largest absolute Gasteiger partial charge is 0.481 e. The van der Waals surface area contributed by atoms with Crippen molar-refractivity contribution in [1.82, 2.24) is 4.98 Å². The van der Waals surface area contributed by atoms with Crippen molar-refractivity contribution in [2.75, 3.05) is 24.2 Å². The van der Waals surface area contributed by atoms with Gasteiger partial charge in [-0.3, -0.25) is 4.79 Å². The lowest BCUT2D eigenvalue weighted by Gasteiger charge is -2.33. The summed E-state index contributed by atoms with van der Waals surface area (Å²) in [6, 6.07) is 3.16. The number of sulfone groups is 1. The van der Waals surface area contributed by atoms with E-state index in [1.54, 1.807) is 18.3 Å². The SMILES string of the molecule is CS(=O)(=O)c1cccnc1N1CCC(CC(=O)O)CC1. The molecule has 6 nitrogen and oxygen atoms in total. The molecule has 1 aromatic heterocycles. The number of aromatic nitrogens is 1. The maximum absolute atomic E-state index is 11.8. The molecule has 0 radical (unpaired) electrons. The van der Waals surface area contributed by atoms with Gasteiger partial charge >= 0.3 is 5.97 Å². The van der Waals surface area contributed by atoms with Gasteiger partial charge in [-0.1, -0.05) is 0 Å². The fourth-order valence-electron chi connectivity index (χ4n) is 2.50. The predicted octanol–water partition coefficient (Wildman–Crippen LogP) is 1.18. The van der Waals surface area contributed by atoms with Gasteiger partial charge in [0.05, 0.1) is 0 Å². The molecule has 1 aromatic rings. The van der Waals surface area contributed by atoms with E-state index in [-0.39, 0.29) is 17.2 Å². The number of carboxylic acids is 1. The van der Waals surface area contributed by atoms with E-state index in [2.05, 4.69) is 4.98 Å². The molecule has 0 bridgehead atoms. The van der Waals surface area contributed by atoms with Crippen LogP contribution < -0.4 is 4.90 Å². The zero-order valence-electron chi connectivity index (χ0n) is 11.3. The monoisotopic (exact) mass is 298 g/mol. The lowest BCUT2D eigenvalue weighted by atomic mass is 9.94. The Hall–Kier alpha value is -1.63. The fourth-order valence-corrected chi connectivity index (χ4v) is 3.34. The van der Waals surface area contributed by atoms with Crippen molar-refractivity contribution in [3.8, 4) is 0 Å². The first-order valence-electron chi connectivity index (χ1n) is 6.49. The van der Waals surface area contributed by atoms with Crippen LogP contribution in [0, 0.1) is 5.92 Å². The summed E-state index contributed by atoms with van der Waals surface area (Å²) >= 11 is 0. The summed E-state index contributed by atoms with van der Waals surface area (Å²) in [6.07, 6.45) is 4.41. The number of rotatable bonds is 4. The molecule has 0 atom stereocenters. The van der Waals surface area contributed by atoms with E-state index in [4.69, 9.17) is 5.11 Å². The summed E-state index contributed by atoms with van der Waals surface area (Å²) < 4.78 is 23.5. The van der Waals surface area contributed by atoms with Gasteiger partial charge in [0.25, 0.3) is 0 Å². The third kappa shape index (κ3) is 3.47. The van der Waals surface area contributed by atoms with E-state index in [0.717, 1.165) is 12.8 Å². The number of piperidine rings is 1. The van der Waals surface area contributed by atoms with Crippen LogP contribution in [0.15, 0.2) is 23.2 Å². The molecule has 0 amide bonds. The fraction of sp³-hybridized carbons (Fsp3) is 0.538. The second kappa shape index (κ2) is 5.78. The number of nitrogens with zero attached hydrogens (tertiary/aromatic N) is 2. The average Bonchev–Trinajstić information content (AvgIpc) is 2.38. The molecule has 0 unspecified atom stereocenters. The molecular formula is C13H18N2O4S. The van der Waals surface area contributed by atoms with E-state index >= 15 is 0 Å². The van der Waals surface area contributed by atoms with Crippen LogP contribution in [0.2, 0.25) is 0 Å². The van der Waals surface area contributed by atoms with Gasteiger partial charge in [-0.05, 0) is 30.9 Å². The van der Waals surface area contributed by atoms with Crippen molar-refractivity contribution in [2.45, 2.75) is 24.2 Å². The summed E-state index contributed by atoms with van der Waals surface area (Å²) in [7, 11) is -3.31. The van der Waals surface area contributed by atoms with Crippen molar-refractivity contribution in [1.29, 1.82) is 0 Å². The molecule has 1 N–H and O–H groups in total. The molecule has 1 fully saturated rings. The summed E-state index contributed by atoms with van der Waals surface area (Å²) in [5.41, 5.74) is 0. The van der Waals surface area contributed by atoms with Gasteiger partial charge in [-0.2, -0.15) is 0 Å². The highest BCUT2D eigenvalue weighted by atomic mass is 32.2. The standard InChI is InChI=1S/C13H18N2O4S/c1-20(18,19)11-3-2-6-14-13(11)15-7-4-10(5-8-15)9-12(16)17/h2-3,6,10H,4-5,7-9H2,1H3,(H,16,17). The average molecular weight is 298 g/mol. The first-order valence-corrected chi connectivity index (χ1v) is 8.39. The van der Waals surface area contributed by atoms with Crippen molar-refractivity contribution in [2.24, 2.45) is 5.92 Å². The first-order chi connectivity index (χ1) is 9.38. The topological polar surface area (TPSA) is 87.6 Å². The summed E-state index contributed by atoms with van der Waals surface area (Å²) in [4.78, 5) is 17.0. The zero-order chi connectivity index (χ0) is 14.8. The van der Waals surface area contributed by atoms with Gasteiger partial charge in [0.2, 0.25) is 0 Å². The summed E-state index contributed by atoms with van der Waals surface area (Å²) in [6.45, 7) is 1.27. The Bertz CT molecular complexity index is 592. The Morgan fingerprint density at radius 2 is 2.10 bits per heavy atom. The highest BCUT2D eigenvalue weighted by molar-refractivity contribution is 7.90. The number of carbonyl (C=O) groups is 1. The van der Waals surface area contributed by atoms with Crippen LogP contribution in [0.3, 0.4) is 0 Å². The quantitative estimate of drug-likeness (QED) is 0.898. The number of carboxylic acid groups (broad SMARTS) is 1. The molecule has 0 aliphatic carbocycles. The van der Waals surface area contributed by atoms with Crippen molar-refractivity contribution in [3.05, 3.63) is 18.3 Å². The minimum atomic E-state index is -3.31. The molecule has 1 aliphatic rings. The van der Waals surface area contributed by atoms with Gasteiger partial charge in [-0.15, -0.1) is 0 Å². The number of anilines is 1. The minimum Gasteiger partial charge on any atom is -0.481 e. The van der Waals surface area contributed by atoms with Crippen molar-refractivity contribution >= 4 is 21.6 Å². The van der Waals surface area contributed by atoms with Gasteiger partial charge in [0.1, 0.15) is 10.7 Å². The number of pyridine rings is 1. The lowest BCUT2D eigenvalue weighted by Crippen LogP contribution is -2.35. The summed E-state index contributed by atoms with van der Waals surface area (Å²) in [5, 5.41) is 8.79. The normalized spacial score (nSPS) is 17.1. The number of aliphatic carboxylic acids is 1. The van der Waals surface area contributed by atoms with Gasteiger partial charge < -0.3 is 10.0 Å². The third-order valence-corrected chi connectivity index (χ3v) is 4.65. The molecule has 1 aliphatic heterocycles. The molecule has 2 heterocycles.